The Balaban J connectivity index is 1.73. The molecule has 6 nitrogen and oxygen atoms in total. The van der Waals surface area contributed by atoms with Crippen LogP contribution in [0.1, 0.15) is 12.5 Å². The van der Waals surface area contributed by atoms with Crippen molar-refractivity contribution in [2.24, 2.45) is 4.99 Å². The molecule has 0 aliphatic carbocycles. The van der Waals surface area contributed by atoms with Crippen molar-refractivity contribution in [3.05, 3.63) is 28.7 Å². The zero-order valence-corrected chi connectivity index (χ0v) is 15.6. The number of nitrogens with zero attached hydrogens (tertiary/aromatic N) is 3. The van der Waals surface area contributed by atoms with Gasteiger partial charge in [-0.2, -0.15) is 4.99 Å². The first-order valence-corrected chi connectivity index (χ1v) is 9.18. The fraction of sp³-hybridized carbons (Fsp3) is 0.444. The van der Waals surface area contributed by atoms with Gasteiger partial charge in [0, 0.05) is 37.8 Å². The Morgan fingerprint density at radius 1 is 1.20 bits per heavy atom. The number of likely N-dealkylation sites (N-methyl/N-ethyl adjacent to an activating group) is 1. The molecule has 0 radical (unpaired) electrons. The molecule has 0 atom stereocenters. The first-order chi connectivity index (χ1) is 12.1. The number of amides is 1. The number of benzene rings is 1. The number of carbonyl (C=O) groups is 1. The van der Waals surface area contributed by atoms with Crippen LogP contribution in [0.4, 0.5) is 0 Å². The molecule has 25 heavy (non-hydrogen) atoms. The minimum absolute atomic E-state index is 0.184. The predicted octanol–water partition coefficient (Wildman–Crippen LogP) is 2.31. The summed E-state index contributed by atoms with van der Waals surface area (Å²) in [6.45, 7) is 7.07. The minimum Gasteiger partial charge on any atom is -0.497 e. The van der Waals surface area contributed by atoms with E-state index in [1.165, 1.54) is 11.8 Å². The van der Waals surface area contributed by atoms with Gasteiger partial charge >= 0.3 is 0 Å². The second-order valence-corrected chi connectivity index (χ2v) is 6.85. The highest BCUT2D eigenvalue weighted by atomic mass is 32.2. The lowest BCUT2D eigenvalue weighted by molar-refractivity contribution is -0.113. The van der Waals surface area contributed by atoms with E-state index in [1.807, 2.05) is 24.3 Å². The topological polar surface area (TPSA) is 54.4 Å². The molecule has 0 bridgehead atoms. The van der Waals surface area contributed by atoms with E-state index in [0.717, 1.165) is 49.2 Å². The molecule has 134 valence electrons. The molecule has 1 amide bonds. The summed E-state index contributed by atoms with van der Waals surface area (Å²) in [4.78, 5) is 21.8. The molecule has 1 fully saturated rings. The number of amidine groups is 1. The summed E-state index contributed by atoms with van der Waals surface area (Å²) in [5.41, 5.74) is 0.839. The Labute approximate surface area is 152 Å². The van der Waals surface area contributed by atoms with E-state index in [9.17, 15) is 4.79 Å². The number of aliphatic imine (C=N–C) groups is 1. The van der Waals surface area contributed by atoms with Gasteiger partial charge in [-0.1, -0.05) is 6.92 Å². The Kier molecular flexibility index (Phi) is 5.65. The summed E-state index contributed by atoms with van der Waals surface area (Å²) in [6.07, 6.45) is 1.84. The van der Waals surface area contributed by atoms with Gasteiger partial charge in [-0.25, -0.2) is 0 Å². The van der Waals surface area contributed by atoms with Crippen molar-refractivity contribution in [2.75, 3.05) is 46.9 Å². The van der Waals surface area contributed by atoms with E-state index >= 15 is 0 Å². The lowest BCUT2D eigenvalue weighted by Crippen LogP contribution is -2.47. The van der Waals surface area contributed by atoms with Crippen LogP contribution >= 0.6 is 11.8 Å². The number of hydrogen-bond donors (Lipinski definition) is 0. The van der Waals surface area contributed by atoms with Gasteiger partial charge in [0.15, 0.2) is 5.17 Å². The van der Waals surface area contributed by atoms with E-state index in [-0.39, 0.29) is 5.91 Å². The molecular weight excluding hydrogens is 338 g/mol. The van der Waals surface area contributed by atoms with Gasteiger partial charge in [0.2, 0.25) is 0 Å². The van der Waals surface area contributed by atoms with Crippen LogP contribution < -0.4 is 9.47 Å². The number of carbonyl (C=O) groups excluding carboxylic acids is 1. The van der Waals surface area contributed by atoms with E-state index in [4.69, 9.17) is 9.47 Å². The van der Waals surface area contributed by atoms with Gasteiger partial charge in [-0.15, -0.1) is 0 Å². The van der Waals surface area contributed by atoms with Crippen molar-refractivity contribution >= 4 is 28.9 Å². The Hall–Kier alpha value is -1.99. The fourth-order valence-corrected chi connectivity index (χ4v) is 3.82. The molecule has 2 heterocycles. The van der Waals surface area contributed by atoms with Crippen LogP contribution in [0.5, 0.6) is 11.5 Å². The van der Waals surface area contributed by atoms with Crippen molar-refractivity contribution < 1.29 is 14.3 Å². The van der Waals surface area contributed by atoms with Crippen molar-refractivity contribution in [1.82, 2.24) is 9.80 Å². The fourth-order valence-electron chi connectivity index (χ4n) is 2.87. The maximum absolute atomic E-state index is 12.3. The van der Waals surface area contributed by atoms with Gasteiger partial charge in [0.25, 0.3) is 5.91 Å². The molecule has 1 aromatic carbocycles. The maximum Gasteiger partial charge on any atom is 0.286 e. The van der Waals surface area contributed by atoms with Gasteiger partial charge < -0.3 is 19.3 Å². The Morgan fingerprint density at radius 3 is 2.60 bits per heavy atom. The number of ether oxygens (including phenoxy) is 2. The second-order valence-electron chi connectivity index (χ2n) is 5.84. The normalized spacial score (nSPS) is 20.1. The van der Waals surface area contributed by atoms with Gasteiger partial charge in [-0.3, -0.25) is 4.79 Å². The standard InChI is InChI=1S/C18H23N3O3S/c1-4-20-7-9-21(10-8-20)18-19-17(22)16(25-18)11-13-5-6-14(23-2)12-15(13)24-3/h5-6,11-12H,4,7-10H2,1-3H3/b16-11-. The number of methoxy groups -OCH3 is 2. The molecule has 0 aromatic heterocycles. The number of hydrogen-bond acceptors (Lipinski definition) is 6. The molecule has 0 spiro atoms. The molecular formula is C18H23N3O3S. The molecule has 0 unspecified atom stereocenters. The second kappa shape index (κ2) is 7.93. The van der Waals surface area contributed by atoms with Crippen LogP contribution in [-0.2, 0) is 4.79 Å². The molecule has 0 saturated carbocycles. The summed E-state index contributed by atoms with van der Waals surface area (Å²) in [6, 6.07) is 5.55. The first kappa shape index (κ1) is 17.8. The quantitative estimate of drug-likeness (QED) is 0.767. The molecule has 0 N–H and O–H groups in total. The SMILES string of the molecule is CCN1CCN(C2=NC(=O)/C(=C/c3ccc(OC)cc3OC)S2)CC1. The lowest BCUT2D eigenvalue weighted by Gasteiger charge is -2.34. The third-order valence-electron chi connectivity index (χ3n) is 4.43. The lowest BCUT2D eigenvalue weighted by atomic mass is 10.1. The van der Waals surface area contributed by atoms with Gasteiger partial charge in [-0.05, 0) is 36.5 Å². The van der Waals surface area contributed by atoms with Crippen molar-refractivity contribution in [1.29, 1.82) is 0 Å². The van der Waals surface area contributed by atoms with Crippen LogP contribution in [-0.4, -0.2) is 67.8 Å². The summed E-state index contributed by atoms with van der Waals surface area (Å²) in [5, 5.41) is 0.805. The largest absolute Gasteiger partial charge is 0.497 e. The number of thioether (sulfide) groups is 1. The predicted molar refractivity (Wildman–Crippen MR) is 101 cm³/mol. The van der Waals surface area contributed by atoms with Crippen molar-refractivity contribution in [3.63, 3.8) is 0 Å². The highest BCUT2D eigenvalue weighted by molar-refractivity contribution is 8.18. The zero-order valence-electron chi connectivity index (χ0n) is 14.8. The molecule has 7 heteroatoms. The third kappa shape index (κ3) is 3.99. The van der Waals surface area contributed by atoms with Crippen molar-refractivity contribution in [2.45, 2.75) is 6.92 Å². The monoisotopic (exact) mass is 361 g/mol. The van der Waals surface area contributed by atoms with Gasteiger partial charge in [0.05, 0.1) is 19.1 Å². The zero-order chi connectivity index (χ0) is 17.8. The highest BCUT2D eigenvalue weighted by Crippen LogP contribution is 2.33. The Bertz CT molecular complexity index is 710. The molecule has 1 saturated heterocycles. The highest BCUT2D eigenvalue weighted by Gasteiger charge is 2.28. The molecule has 2 aliphatic heterocycles. The van der Waals surface area contributed by atoms with Crippen LogP contribution in [0, 0.1) is 0 Å². The summed E-state index contributed by atoms with van der Waals surface area (Å²) in [5.74, 6) is 1.20. The van der Waals surface area contributed by atoms with Gasteiger partial charge in [0.1, 0.15) is 11.5 Å². The molecule has 2 aliphatic rings. The van der Waals surface area contributed by atoms with Crippen LogP contribution in [0.25, 0.3) is 6.08 Å². The van der Waals surface area contributed by atoms with Crippen LogP contribution in [0.2, 0.25) is 0 Å². The molecule has 1 aromatic rings. The summed E-state index contributed by atoms with van der Waals surface area (Å²) >= 11 is 1.44. The van der Waals surface area contributed by atoms with Crippen LogP contribution in [0.15, 0.2) is 28.1 Å². The summed E-state index contributed by atoms with van der Waals surface area (Å²) < 4.78 is 10.6. The van der Waals surface area contributed by atoms with E-state index in [1.54, 1.807) is 14.2 Å². The minimum atomic E-state index is -0.184. The van der Waals surface area contributed by atoms with E-state index in [0.29, 0.717) is 10.7 Å². The third-order valence-corrected chi connectivity index (χ3v) is 5.47. The first-order valence-electron chi connectivity index (χ1n) is 8.36. The summed E-state index contributed by atoms with van der Waals surface area (Å²) in [7, 11) is 3.22. The van der Waals surface area contributed by atoms with E-state index in [2.05, 4.69) is 21.7 Å². The number of rotatable bonds is 4. The maximum atomic E-state index is 12.3. The average molecular weight is 361 g/mol. The van der Waals surface area contributed by atoms with E-state index < -0.39 is 0 Å². The number of piperazine rings is 1. The van der Waals surface area contributed by atoms with Crippen LogP contribution in [0.3, 0.4) is 0 Å². The van der Waals surface area contributed by atoms with Crippen molar-refractivity contribution in [3.8, 4) is 11.5 Å². The Morgan fingerprint density at radius 2 is 1.96 bits per heavy atom. The average Bonchev–Trinajstić information content (AvgIpc) is 3.02. The molecule has 3 rings (SSSR count). The smallest absolute Gasteiger partial charge is 0.286 e.